The molecule has 2 saturated heterocycles. The van der Waals surface area contributed by atoms with E-state index in [0.29, 0.717) is 23.4 Å². The molecular weight excluding hydrogens is 444 g/mol. The van der Waals surface area contributed by atoms with Gasteiger partial charge in [-0.15, -0.1) is 0 Å². The third-order valence-electron chi connectivity index (χ3n) is 7.27. The van der Waals surface area contributed by atoms with Crippen LogP contribution in [0, 0.1) is 37.5 Å². The summed E-state index contributed by atoms with van der Waals surface area (Å²) in [5.41, 5.74) is 3.00. The van der Waals surface area contributed by atoms with E-state index in [1.165, 1.54) is 4.90 Å². The Morgan fingerprint density at radius 1 is 1.03 bits per heavy atom. The Hall–Kier alpha value is -3.74. The lowest BCUT2D eigenvalue weighted by Gasteiger charge is -2.22. The van der Waals surface area contributed by atoms with Crippen LogP contribution >= 0.6 is 0 Å². The van der Waals surface area contributed by atoms with E-state index in [1.807, 2.05) is 50.3 Å². The van der Waals surface area contributed by atoms with Crippen LogP contribution in [-0.2, 0) is 19.2 Å². The number of anilines is 2. The Labute approximate surface area is 204 Å². The van der Waals surface area contributed by atoms with Gasteiger partial charge >= 0.3 is 5.97 Å². The van der Waals surface area contributed by atoms with Crippen molar-refractivity contribution in [1.29, 1.82) is 0 Å². The monoisotopic (exact) mass is 472 g/mol. The summed E-state index contributed by atoms with van der Waals surface area (Å²) in [5, 5.41) is 0. The van der Waals surface area contributed by atoms with E-state index < -0.39 is 11.9 Å². The summed E-state index contributed by atoms with van der Waals surface area (Å²) in [4.78, 5) is 54.4. The summed E-state index contributed by atoms with van der Waals surface area (Å²) in [6.45, 7) is 5.97. The molecule has 1 aliphatic carbocycles. The molecule has 0 bridgehead atoms. The second-order valence-electron chi connectivity index (χ2n) is 9.78. The fourth-order valence-corrected chi connectivity index (χ4v) is 5.44. The Morgan fingerprint density at radius 2 is 1.83 bits per heavy atom. The van der Waals surface area contributed by atoms with Crippen molar-refractivity contribution in [3.63, 3.8) is 0 Å². The predicted molar refractivity (Wildman–Crippen MR) is 131 cm³/mol. The van der Waals surface area contributed by atoms with E-state index in [1.54, 1.807) is 30.0 Å². The highest BCUT2D eigenvalue weighted by Gasteiger charge is 2.50. The Bertz CT molecular complexity index is 1270. The Morgan fingerprint density at radius 3 is 2.54 bits per heavy atom. The molecule has 0 spiro atoms. The molecule has 2 fully saturated rings. The van der Waals surface area contributed by atoms with Gasteiger partial charge in [-0.25, -0.2) is 4.90 Å². The third kappa shape index (κ3) is 4.05. The normalized spacial score (nSPS) is 25.9. The highest BCUT2D eigenvalue weighted by atomic mass is 16.5. The standard InChI is InChI=1S/C28H28N2O5/c1-16-6-4-8-20(12-16)29-15-19(14-24(29)31)28(34)35-21-10-11-23(18(3)13-21)30-26(32)22-9-5-7-17(2)25(22)27(30)33/h4-8,10-13,17,19,22,25H,9,14-15H2,1-3H3/t17-,19+,22+,25-/m0/s1. The van der Waals surface area contributed by atoms with Crippen LogP contribution in [0.15, 0.2) is 54.6 Å². The number of rotatable bonds is 4. The first-order valence-corrected chi connectivity index (χ1v) is 12.0. The zero-order valence-corrected chi connectivity index (χ0v) is 20.1. The largest absolute Gasteiger partial charge is 0.426 e. The number of allylic oxidation sites excluding steroid dienone is 2. The lowest BCUT2D eigenvalue weighted by atomic mass is 9.78. The van der Waals surface area contributed by atoms with E-state index >= 15 is 0 Å². The molecule has 180 valence electrons. The highest BCUT2D eigenvalue weighted by molar-refractivity contribution is 6.22. The van der Waals surface area contributed by atoms with Gasteiger partial charge in [-0.05, 0) is 67.6 Å². The first-order chi connectivity index (χ1) is 16.7. The highest BCUT2D eigenvalue weighted by Crippen LogP contribution is 2.41. The summed E-state index contributed by atoms with van der Waals surface area (Å²) in [7, 11) is 0. The minimum absolute atomic E-state index is 0.0178. The van der Waals surface area contributed by atoms with E-state index in [-0.39, 0.29) is 48.4 Å². The maximum absolute atomic E-state index is 13.1. The molecule has 2 aromatic rings. The number of carbonyl (C=O) groups is 4. The van der Waals surface area contributed by atoms with Gasteiger partial charge in [-0.3, -0.25) is 19.2 Å². The van der Waals surface area contributed by atoms with Crippen LogP contribution in [-0.4, -0.2) is 30.2 Å². The Kier molecular flexibility index (Phi) is 5.79. The van der Waals surface area contributed by atoms with Gasteiger partial charge in [0, 0.05) is 18.7 Å². The third-order valence-corrected chi connectivity index (χ3v) is 7.27. The Balaban J connectivity index is 1.29. The molecule has 0 saturated carbocycles. The maximum Gasteiger partial charge on any atom is 0.316 e. The number of nitrogens with zero attached hydrogens (tertiary/aromatic N) is 2. The molecule has 2 heterocycles. The number of benzene rings is 2. The van der Waals surface area contributed by atoms with Gasteiger partial charge in [-0.1, -0.05) is 31.2 Å². The van der Waals surface area contributed by atoms with E-state index in [0.717, 1.165) is 11.3 Å². The van der Waals surface area contributed by atoms with E-state index in [4.69, 9.17) is 4.74 Å². The number of hydrogen-bond donors (Lipinski definition) is 0. The molecule has 5 rings (SSSR count). The molecule has 0 N–H and O–H groups in total. The first-order valence-electron chi connectivity index (χ1n) is 12.0. The van der Waals surface area contributed by atoms with Crippen molar-refractivity contribution in [2.45, 2.75) is 33.6 Å². The average molecular weight is 473 g/mol. The minimum Gasteiger partial charge on any atom is -0.426 e. The summed E-state index contributed by atoms with van der Waals surface area (Å²) in [6, 6.07) is 12.5. The molecule has 3 aliphatic rings. The molecule has 35 heavy (non-hydrogen) atoms. The molecule has 2 aliphatic heterocycles. The number of amides is 3. The van der Waals surface area contributed by atoms with Gasteiger partial charge in [0.1, 0.15) is 5.75 Å². The topological polar surface area (TPSA) is 84.0 Å². The van der Waals surface area contributed by atoms with Crippen LogP contribution in [0.3, 0.4) is 0 Å². The molecule has 2 aromatic carbocycles. The van der Waals surface area contributed by atoms with Crippen molar-refractivity contribution in [2.75, 3.05) is 16.3 Å². The fraction of sp³-hybridized carbons (Fsp3) is 0.357. The molecule has 7 nitrogen and oxygen atoms in total. The second kappa shape index (κ2) is 8.80. The van der Waals surface area contributed by atoms with Crippen molar-refractivity contribution in [1.82, 2.24) is 0 Å². The van der Waals surface area contributed by atoms with Crippen LogP contribution in [0.1, 0.15) is 30.9 Å². The number of ether oxygens (including phenoxy) is 1. The fourth-order valence-electron chi connectivity index (χ4n) is 5.44. The molecule has 0 unspecified atom stereocenters. The summed E-state index contributed by atoms with van der Waals surface area (Å²) < 4.78 is 5.60. The van der Waals surface area contributed by atoms with Gasteiger partial charge in [0.25, 0.3) is 0 Å². The first kappa shape index (κ1) is 23.0. The van der Waals surface area contributed by atoms with Crippen LogP contribution in [0.2, 0.25) is 0 Å². The van der Waals surface area contributed by atoms with Gasteiger partial charge in [0.15, 0.2) is 0 Å². The number of imide groups is 1. The van der Waals surface area contributed by atoms with E-state index in [9.17, 15) is 19.2 Å². The summed E-state index contributed by atoms with van der Waals surface area (Å²) in [6.07, 6.45) is 4.64. The van der Waals surface area contributed by atoms with Gasteiger partial charge < -0.3 is 9.64 Å². The predicted octanol–water partition coefficient (Wildman–Crippen LogP) is 3.96. The maximum atomic E-state index is 13.1. The number of fused-ring (bicyclic) bond motifs is 1. The second-order valence-corrected chi connectivity index (χ2v) is 9.78. The summed E-state index contributed by atoms with van der Waals surface area (Å²) >= 11 is 0. The zero-order chi connectivity index (χ0) is 24.9. The lowest BCUT2D eigenvalue weighted by molar-refractivity contribution is -0.139. The lowest BCUT2D eigenvalue weighted by Crippen LogP contribution is -2.32. The summed E-state index contributed by atoms with van der Waals surface area (Å²) in [5.74, 6) is -1.82. The van der Waals surface area contributed by atoms with Crippen molar-refractivity contribution in [3.8, 4) is 5.75 Å². The van der Waals surface area contributed by atoms with Crippen molar-refractivity contribution < 1.29 is 23.9 Å². The smallest absolute Gasteiger partial charge is 0.316 e. The number of esters is 1. The molecule has 3 amide bonds. The number of aryl methyl sites for hydroxylation is 2. The van der Waals surface area contributed by atoms with Crippen molar-refractivity contribution in [2.24, 2.45) is 23.7 Å². The number of hydrogen-bond acceptors (Lipinski definition) is 5. The average Bonchev–Trinajstić information content (AvgIpc) is 3.33. The zero-order valence-electron chi connectivity index (χ0n) is 20.1. The molecule has 7 heteroatoms. The van der Waals surface area contributed by atoms with Gasteiger partial charge in [0.05, 0.1) is 23.4 Å². The molecular formula is C28H28N2O5. The van der Waals surface area contributed by atoms with Crippen LogP contribution in [0.25, 0.3) is 0 Å². The number of carbonyl (C=O) groups excluding carboxylic acids is 4. The van der Waals surface area contributed by atoms with Crippen LogP contribution in [0.5, 0.6) is 5.75 Å². The van der Waals surface area contributed by atoms with Gasteiger partial charge in [-0.2, -0.15) is 0 Å². The molecule has 4 atom stereocenters. The van der Waals surface area contributed by atoms with Crippen LogP contribution < -0.4 is 14.5 Å². The van der Waals surface area contributed by atoms with E-state index in [2.05, 4.69) is 0 Å². The van der Waals surface area contributed by atoms with Crippen LogP contribution in [0.4, 0.5) is 11.4 Å². The molecule has 0 radical (unpaired) electrons. The van der Waals surface area contributed by atoms with Crippen molar-refractivity contribution >= 4 is 35.1 Å². The van der Waals surface area contributed by atoms with Gasteiger partial charge in [0.2, 0.25) is 17.7 Å². The van der Waals surface area contributed by atoms with Crippen molar-refractivity contribution in [3.05, 3.63) is 65.7 Å². The minimum atomic E-state index is -0.568. The molecule has 0 aromatic heterocycles. The SMILES string of the molecule is Cc1cccc(N2C[C@H](C(=O)Oc3ccc(N4C(=O)[C@H]5[C@@H](C)C=CC[C@H]5C4=O)c(C)c3)CC2=O)c1. The quantitative estimate of drug-likeness (QED) is 0.291.